The zero-order valence-electron chi connectivity index (χ0n) is 12.1. The summed E-state index contributed by atoms with van der Waals surface area (Å²) in [5.74, 6) is 0.0697. The number of benzene rings is 1. The Hall–Kier alpha value is -1.35. The van der Waals surface area contributed by atoms with Crippen LogP contribution in [-0.4, -0.2) is 18.0 Å². The Morgan fingerprint density at radius 1 is 1.32 bits per heavy atom. The maximum absolute atomic E-state index is 12.1. The normalized spacial score (nSPS) is 17.1. The predicted molar refractivity (Wildman–Crippen MR) is 78.0 cm³/mol. The van der Waals surface area contributed by atoms with Gasteiger partial charge in [0.15, 0.2) is 0 Å². The highest BCUT2D eigenvalue weighted by Crippen LogP contribution is 2.36. The largest absolute Gasteiger partial charge is 0.356 e. The molecule has 0 bridgehead atoms. The molecule has 1 saturated carbocycles. The Kier molecular flexibility index (Phi) is 3.68. The first-order valence-electron chi connectivity index (χ1n) is 7.04. The van der Waals surface area contributed by atoms with E-state index < -0.39 is 5.41 Å². The van der Waals surface area contributed by atoms with Gasteiger partial charge in [-0.05, 0) is 51.2 Å². The van der Waals surface area contributed by atoms with Crippen LogP contribution in [0.1, 0.15) is 44.7 Å². The third-order valence-corrected chi connectivity index (χ3v) is 4.03. The Bertz CT molecular complexity index is 458. The average molecular weight is 260 g/mol. The molecule has 1 fully saturated rings. The molecule has 0 radical (unpaired) electrons. The summed E-state index contributed by atoms with van der Waals surface area (Å²) in [6.07, 6.45) is 3.19. The van der Waals surface area contributed by atoms with Crippen molar-refractivity contribution in [1.82, 2.24) is 5.32 Å². The molecule has 0 aromatic heterocycles. The molecule has 1 aromatic rings. The number of hydrogen-bond acceptors (Lipinski definition) is 2. The molecular weight excluding hydrogens is 236 g/mol. The number of nitrogens with two attached hydrogens (primary N) is 1. The summed E-state index contributed by atoms with van der Waals surface area (Å²) in [6, 6.07) is 8.30. The maximum atomic E-state index is 12.1. The molecule has 1 amide bonds. The highest BCUT2D eigenvalue weighted by atomic mass is 16.2. The quantitative estimate of drug-likeness (QED) is 0.852. The van der Waals surface area contributed by atoms with E-state index in [0.29, 0.717) is 6.54 Å². The zero-order valence-corrected chi connectivity index (χ0v) is 12.1. The highest BCUT2D eigenvalue weighted by Gasteiger charge is 2.38. The van der Waals surface area contributed by atoms with Crippen molar-refractivity contribution in [2.75, 3.05) is 6.54 Å². The summed E-state index contributed by atoms with van der Waals surface area (Å²) >= 11 is 0. The molecular formula is C16H24N2O. The molecule has 3 nitrogen and oxygen atoms in total. The summed E-state index contributed by atoms with van der Waals surface area (Å²) in [5.41, 5.74) is 7.98. The van der Waals surface area contributed by atoms with Crippen molar-refractivity contribution < 1.29 is 4.79 Å². The van der Waals surface area contributed by atoms with Crippen LogP contribution in [0, 0.1) is 0 Å². The molecule has 104 valence electrons. The van der Waals surface area contributed by atoms with Crippen LogP contribution in [0.4, 0.5) is 0 Å². The van der Waals surface area contributed by atoms with E-state index in [2.05, 4.69) is 29.6 Å². The van der Waals surface area contributed by atoms with Crippen LogP contribution in [0.15, 0.2) is 24.3 Å². The van der Waals surface area contributed by atoms with E-state index in [-0.39, 0.29) is 11.4 Å². The molecule has 2 rings (SSSR count). The Morgan fingerprint density at radius 3 is 2.37 bits per heavy atom. The zero-order chi connectivity index (χ0) is 14.1. The lowest BCUT2D eigenvalue weighted by molar-refractivity contribution is -0.125. The van der Waals surface area contributed by atoms with Gasteiger partial charge in [0.05, 0.1) is 5.41 Å². The molecule has 0 saturated heterocycles. The SMILES string of the molecule is CCNC(=O)C(C)(C)c1ccc(CC2(N)CC2)cc1. The first kappa shape index (κ1) is 14.1. The van der Waals surface area contributed by atoms with Gasteiger partial charge in [-0.3, -0.25) is 4.79 Å². The molecule has 19 heavy (non-hydrogen) atoms. The highest BCUT2D eigenvalue weighted by molar-refractivity contribution is 5.87. The number of amides is 1. The van der Waals surface area contributed by atoms with Gasteiger partial charge in [-0.1, -0.05) is 24.3 Å². The summed E-state index contributed by atoms with van der Waals surface area (Å²) < 4.78 is 0. The minimum absolute atomic E-state index is 0.0383. The topological polar surface area (TPSA) is 55.1 Å². The number of likely N-dealkylation sites (N-methyl/N-ethyl adjacent to an activating group) is 1. The number of rotatable bonds is 5. The molecule has 1 aromatic carbocycles. The first-order valence-corrected chi connectivity index (χ1v) is 7.04. The maximum Gasteiger partial charge on any atom is 0.230 e. The second kappa shape index (κ2) is 4.97. The molecule has 0 aliphatic heterocycles. The fourth-order valence-corrected chi connectivity index (χ4v) is 2.30. The number of nitrogens with one attached hydrogen (secondary N) is 1. The molecule has 0 atom stereocenters. The average Bonchev–Trinajstić information content (AvgIpc) is 3.07. The van der Waals surface area contributed by atoms with Gasteiger partial charge >= 0.3 is 0 Å². The Balaban J connectivity index is 2.10. The smallest absolute Gasteiger partial charge is 0.230 e. The van der Waals surface area contributed by atoms with E-state index in [1.807, 2.05) is 20.8 Å². The summed E-state index contributed by atoms with van der Waals surface area (Å²) in [4.78, 5) is 12.1. The van der Waals surface area contributed by atoms with E-state index >= 15 is 0 Å². The number of carbonyl (C=O) groups is 1. The summed E-state index contributed by atoms with van der Waals surface area (Å²) in [5, 5.41) is 2.89. The van der Waals surface area contributed by atoms with Crippen molar-refractivity contribution in [1.29, 1.82) is 0 Å². The van der Waals surface area contributed by atoms with E-state index in [0.717, 1.165) is 24.8 Å². The van der Waals surface area contributed by atoms with Crippen molar-refractivity contribution in [3.63, 3.8) is 0 Å². The van der Waals surface area contributed by atoms with Gasteiger partial charge in [-0.2, -0.15) is 0 Å². The van der Waals surface area contributed by atoms with Crippen molar-refractivity contribution >= 4 is 5.91 Å². The van der Waals surface area contributed by atoms with E-state index in [4.69, 9.17) is 5.73 Å². The van der Waals surface area contributed by atoms with Crippen molar-refractivity contribution in [2.45, 2.75) is 51.0 Å². The van der Waals surface area contributed by atoms with Crippen LogP contribution < -0.4 is 11.1 Å². The second-order valence-electron chi connectivity index (χ2n) is 6.22. The van der Waals surface area contributed by atoms with Crippen LogP contribution >= 0.6 is 0 Å². The van der Waals surface area contributed by atoms with Gasteiger partial charge in [0.25, 0.3) is 0 Å². The third kappa shape index (κ3) is 3.16. The molecule has 0 spiro atoms. The fraction of sp³-hybridized carbons (Fsp3) is 0.562. The van der Waals surface area contributed by atoms with E-state index in [1.54, 1.807) is 0 Å². The van der Waals surface area contributed by atoms with Crippen molar-refractivity contribution in [3.05, 3.63) is 35.4 Å². The minimum Gasteiger partial charge on any atom is -0.356 e. The van der Waals surface area contributed by atoms with Gasteiger partial charge in [-0.25, -0.2) is 0 Å². The fourth-order valence-electron chi connectivity index (χ4n) is 2.30. The molecule has 0 unspecified atom stereocenters. The van der Waals surface area contributed by atoms with Crippen LogP contribution in [0.5, 0.6) is 0 Å². The van der Waals surface area contributed by atoms with Gasteiger partial charge in [0.1, 0.15) is 0 Å². The molecule has 1 aliphatic rings. The van der Waals surface area contributed by atoms with Gasteiger partial charge in [-0.15, -0.1) is 0 Å². The van der Waals surface area contributed by atoms with Crippen LogP contribution in [0.25, 0.3) is 0 Å². The lowest BCUT2D eigenvalue weighted by Gasteiger charge is -2.24. The molecule has 1 aliphatic carbocycles. The van der Waals surface area contributed by atoms with Crippen LogP contribution in [0.3, 0.4) is 0 Å². The Labute approximate surface area is 115 Å². The van der Waals surface area contributed by atoms with Gasteiger partial charge in [0, 0.05) is 12.1 Å². The first-order chi connectivity index (χ1) is 8.87. The second-order valence-corrected chi connectivity index (χ2v) is 6.22. The van der Waals surface area contributed by atoms with Crippen LogP contribution in [0.2, 0.25) is 0 Å². The minimum atomic E-state index is -0.492. The number of hydrogen-bond donors (Lipinski definition) is 2. The molecule has 3 heteroatoms. The Morgan fingerprint density at radius 2 is 1.89 bits per heavy atom. The van der Waals surface area contributed by atoms with Crippen molar-refractivity contribution in [2.24, 2.45) is 5.73 Å². The molecule has 3 N–H and O–H groups in total. The third-order valence-electron chi connectivity index (χ3n) is 4.03. The van der Waals surface area contributed by atoms with E-state index in [9.17, 15) is 4.79 Å². The van der Waals surface area contributed by atoms with Crippen molar-refractivity contribution in [3.8, 4) is 0 Å². The lowest BCUT2D eigenvalue weighted by atomic mass is 9.83. The lowest BCUT2D eigenvalue weighted by Crippen LogP contribution is -2.39. The van der Waals surface area contributed by atoms with E-state index in [1.165, 1.54) is 5.56 Å². The van der Waals surface area contributed by atoms with Crippen LogP contribution in [-0.2, 0) is 16.6 Å². The summed E-state index contributed by atoms with van der Waals surface area (Å²) in [6.45, 7) is 6.51. The molecule has 0 heterocycles. The summed E-state index contributed by atoms with van der Waals surface area (Å²) in [7, 11) is 0. The number of carbonyl (C=O) groups excluding carboxylic acids is 1. The predicted octanol–water partition coefficient (Wildman–Crippen LogP) is 2.13. The van der Waals surface area contributed by atoms with Gasteiger partial charge in [0.2, 0.25) is 5.91 Å². The standard InChI is InChI=1S/C16H24N2O/c1-4-18-14(19)15(2,3)13-7-5-12(6-8-13)11-16(17)9-10-16/h5-8H,4,9-11,17H2,1-3H3,(H,18,19). The monoisotopic (exact) mass is 260 g/mol. The van der Waals surface area contributed by atoms with Gasteiger partial charge < -0.3 is 11.1 Å².